The lowest BCUT2D eigenvalue weighted by Gasteiger charge is -2.06. The molecule has 0 saturated heterocycles. The molecule has 2 rings (SSSR count). The SMILES string of the molecule is Nc1cc(Br)ccc1SCc1cccc(C(=O)O)n1. The second-order valence-electron chi connectivity index (χ2n) is 3.79. The van der Waals surface area contributed by atoms with Crippen LogP contribution in [-0.4, -0.2) is 16.1 Å². The van der Waals surface area contributed by atoms with Gasteiger partial charge in [0.05, 0.1) is 5.69 Å². The van der Waals surface area contributed by atoms with E-state index in [1.807, 2.05) is 18.2 Å². The number of halogens is 1. The Morgan fingerprint density at radius 2 is 2.16 bits per heavy atom. The lowest BCUT2D eigenvalue weighted by molar-refractivity contribution is 0.0690. The number of carboxylic acid groups (broad SMARTS) is 1. The number of rotatable bonds is 4. The van der Waals surface area contributed by atoms with Crippen molar-refractivity contribution in [1.82, 2.24) is 4.98 Å². The van der Waals surface area contributed by atoms with Crippen LogP contribution in [0.25, 0.3) is 0 Å². The van der Waals surface area contributed by atoms with Crippen molar-refractivity contribution in [2.75, 3.05) is 5.73 Å². The van der Waals surface area contributed by atoms with Crippen LogP contribution < -0.4 is 5.73 Å². The fraction of sp³-hybridized carbons (Fsp3) is 0.0769. The third-order valence-corrected chi connectivity index (χ3v) is 3.99. The third kappa shape index (κ3) is 3.71. The molecule has 0 spiro atoms. The van der Waals surface area contributed by atoms with Gasteiger partial charge in [-0.1, -0.05) is 22.0 Å². The summed E-state index contributed by atoms with van der Waals surface area (Å²) in [5.41, 5.74) is 7.36. The maximum absolute atomic E-state index is 10.8. The zero-order chi connectivity index (χ0) is 13.8. The minimum Gasteiger partial charge on any atom is -0.477 e. The number of hydrogen-bond acceptors (Lipinski definition) is 4. The molecule has 4 nitrogen and oxygen atoms in total. The number of thioether (sulfide) groups is 1. The van der Waals surface area contributed by atoms with Gasteiger partial charge in [0.2, 0.25) is 0 Å². The molecule has 0 amide bonds. The summed E-state index contributed by atoms with van der Waals surface area (Å²) in [5.74, 6) is -0.442. The molecule has 0 radical (unpaired) electrons. The average Bonchev–Trinajstić information content (AvgIpc) is 2.38. The van der Waals surface area contributed by atoms with Crippen LogP contribution in [0.3, 0.4) is 0 Å². The summed E-state index contributed by atoms with van der Waals surface area (Å²) in [5, 5.41) is 8.87. The standard InChI is InChI=1S/C13H11BrN2O2S/c14-8-4-5-12(10(15)6-8)19-7-9-2-1-3-11(16-9)13(17)18/h1-6H,7,15H2,(H,17,18). The molecular weight excluding hydrogens is 328 g/mol. The van der Waals surface area contributed by atoms with Gasteiger partial charge in [0, 0.05) is 20.8 Å². The Morgan fingerprint density at radius 3 is 2.84 bits per heavy atom. The Balaban J connectivity index is 2.10. The maximum atomic E-state index is 10.8. The Bertz CT molecular complexity index is 619. The largest absolute Gasteiger partial charge is 0.477 e. The summed E-state index contributed by atoms with van der Waals surface area (Å²) in [6, 6.07) is 10.6. The molecule has 3 N–H and O–H groups in total. The van der Waals surface area contributed by atoms with Crippen molar-refractivity contribution in [1.29, 1.82) is 0 Å². The molecule has 0 aliphatic heterocycles. The van der Waals surface area contributed by atoms with E-state index in [-0.39, 0.29) is 5.69 Å². The van der Waals surface area contributed by atoms with E-state index in [0.29, 0.717) is 17.1 Å². The lowest BCUT2D eigenvalue weighted by Crippen LogP contribution is -2.01. The first-order valence-electron chi connectivity index (χ1n) is 5.43. The monoisotopic (exact) mass is 338 g/mol. The normalized spacial score (nSPS) is 10.4. The third-order valence-electron chi connectivity index (χ3n) is 2.37. The maximum Gasteiger partial charge on any atom is 0.354 e. The lowest BCUT2D eigenvalue weighted by atomic mass is 10.3. The van der Waals surface area contributed by atoms with E-state index in [1.54, 1.807) is 12.1 Å². The van der Waals surface area contributed by atoms with Crippen LogP contribution >= 0.6 is 27.7 Å². The fourth-order valence-corrected chi connectivity index (χ4v) is 2.71. The molecule has 19 heavy (non-hydrogen) atoms. The highest BCUT2D eigenvalue weighted by atomic mass is 79.9. The first-order chi connectivity index (χ1) is 9.06. The van der Waals surface area contributed by atoms with Gasteiger partial charge >= 0.3 is 5.97 Å². The summed E-state index contributed by atoms with van der Waals surface area (Å²) in [6.07, 6.45) is 0. The smallest absolute Gasteiger partial charge is 0.354 e. The number of carbonyl (C=O) groups is 1. The number of nitrogen functional groups attached to an aromatic ring is 1. The molecule has 1 aromatic heterocycles. The van der Waals surface area contributed by atoms with Gasteiger partial charge in [0.1, 0.15) is 5.69 Å². The number of nitrogens with two attached hydrogens (primary N) is 1. The second kappa shape index (κ2) is 6.08. The highest BCUT2D eigenvalue weighted by molar-refractivity contribution is 9.10. The van der Waals surface area contributed by atoms with Crippen LogP contribution in [0.4, 0.5) is 5.69 Å². The second-order valence-corrected chi connectivity index (χ2v) is 5.72. The topological polar surface area (TPSA) is 76.2 Å². The number of aromatic nitrogens is 1. The molecule has 0 fully saturated rings. The van der Waals surface area contributed by atoms with Crippen LogP contribution in [0.2, 0.25) is 0 Å². The Labute approximate surface area is 123 Å². The average molecular weight is 339 g/mol. The van der Waals surface area contributed by atoms with Gasteiger partial charge in [-0.3, -0.25) is 0 Å². The van der Waals surface area contributed by atoms with Crippen molar-refractivity contribution in [2.45, 2.75) is 10.6 Å². The van der Waals surface area contributed by atoms with Crippen molar-refractivity contribution in [2.24, 2.45) is 0 Å². The van der Waals surface area contributed by atoms with E-state index in [4.69, 9.17) is 10.8 Å². The van der Waals surface area contributed by atoms with Crippen molar-refractivity contribution in [3.63, 3.8) is 0 Å². The van der Waals surface area contributed by atoms with Gasteiger partial charge in [0.25, 0.3) is 0 Å². The number of aromatic carboxylic acids is 1. The van der Waals surface area contributed by atoms with Crippen LogP contribution in [0.15, 0.2) is 45.8 Å². The van der Waals surface area contributed by atoms with Crippen molar-refractivity contribution < 1.29 is 9.90 Å². The highest BCUT2D eigenvalue weighted by Gasteiger charge is 2.06. The molecular formula is C13H11BrN2O2S. The minimum atomic E-state index is -1.02. The van der Waals surface area contributed by atoms with E-state index in [1.165, 1.54) is 17.8 Å². The Morgan fingerprint density at radius 1 is 1.37 bits per heavy atom. The zero-order valence-electron chi connectivity index (χ0n) is 9.84. The van der Waals surface area contributed by atoms with Crippen LogP contribution in [0.5, 0.6) is 0 Å². The molecule has 6 heteroatoms. The van der Waals surface area contributed by atoms with Gasteiger partial charge in [-0.2, -0.15) is 0 Å². The molecule has 0 aliphatic rings. The highest BCUT2D eigenvalue weighted by Crippen LogP contribution is 2.29. The number of carboxylic acids is 1. The van der Waals surface area contributed by atoms with E-state index in [2.05, 4.69) is 20.9 Å². The van der Waals surface area contributed by atoms with E-state index in [9.17, 15) is 4.79 Å². The van der Waals surface area contributed by atoms with Crippen LogP contribution in [0.1, 0.15) is 16.2 Å². The van der Waals surface area contributed by atoms with Gasteiger partial charge in [-0.15, -0.1) is 11.8 Å². The van der Waals surface area contributed by atoms with Gasteiger partial charge in [-0.25, -0.2) is 9.78 Å². The summed E-state index contributed by atoms with van der Waals surface area (Å²) in [6.45, 7) is 0. The molecule has 0 unspecified atom stereocenters. The summed E-state index contributed by atoms with van der Waals surface area (Å²) in [7, 11) is 0. The number of hydrogen-bond donors (Lipinski definition) is 2. The number of nitrogens with zero attached hydrogens (tertiary/aromatic N) is 1. The number of benzene rings is 1. The predicted molar refractivity (Wildman–Crippen MR) is 79.3 cm³/mol. The minimum absolute atomic E-state index is 0.0573. The molecule has 98 valence electrons. The van der Waals surface area contributed by atoms with Gasteiger partial charge in [0.15, 0.2) is 0 Å². The first kappa shape index (κ1) is 13.9. The first-order valence-corrected chi connectivity index (χ1v) is 7.21. The number of anilines is 1. The van der Waals surface area contributed by atoms with Crippen molar-refractivity contribution in [3.8, 4) is 0 Å². The van der Waals surface area contributed by atoms with Crippen LogP contribution in [-0.2, 0) is 5.75 Å². The van der Waals surface area contributed by atoms with E-state index >= 15 is 0 Å². The Hall–Kier alpha value is -1.53. The van der Waals surface area contributed by atoms with Gasteiger partial charge in [-0.05, 0) is 30.3 Å². The number of pyridine rings is 1. The van der Waals surface area contributed by atoms with Crippen molar-refractivity contribution >= 4 is 39.3 Å². The summed E-state index contributed by atoms with van der Waals surface area (Å²) in [4.78, 5) is 15.8. The molecule has 0 aliphatic carbocycles. The Kier molecular flexibility index (Phi) is 4.44. The zero-order valence-corrected chi connectivity index (χ0v) is 12.2. The molecule has 1 heterocycles. The molecule has 1 aromatic carbocycles. The summed E-state index contributed by atoms with van der Waals surface area (Å²) >= 11 is 4.88. The molecule has 0 atom stereocenters. The summed E-state index contributed by atoms with van der Waals surface area (Å²) < 4.78 is 0.931. The van der Waals surface area contributed by atoms with Gasteiger partial charge < -0.3 is 10.8 Å². The molecule has 0 saturated carbocycles. The quantitative estimate of drug-likeness (QED) is 0.659. The van der Waals surface area contributed by atoms with E-state index < -0.39 is 5.97 Å². The van der Waals surface area contributed by atoms with Crippen LogP contribution in [0, 0.1) is 0 Å². The molecule has 2 aromatic rings. The molecule has 0 bridgehead atoms. The van der Waals surface area contributed by atoms with E-state index in [0.717, 1.165) is 9.37 Å². The van der Waals surface area contributed by atoms with Crippen molar-refractivity contribution in [3.05, 3.63) is 52.3 Å². The predicted octanol–water partition coefficient (Wildman–Crippen LogP) is 3.42. The fourth-order valence-electron chi connectivity index (χ4n) is 1.48.